The van der Waals surface area contributed by atoms with Gasteiger partial charge in [0.2, 0.25) is 0 Å². The molecule has 1 aliphatic heterocycles. The molecule has 1 nitrogen and oxygen atoms in total. The molecule has 0 spiro atoms. The first-order valence-corrected chi connectivity index (χ1v) is 5.55. The molecule has 2 rings (SSSR count). The summed E-state index contributed by atoms with van der Waals surface area (Å²) in [5.74, 6) is 0. The molecule has 1 atom stereocenters. The molecule has 1 aromatic carbocycles. The summed E-state index contributed by atoms with van der Waals surface area (Å²) in [6.07, 6.45) is 3.67. The highest BCUT2D eigenvalue weighted by molar-refractivity contribution is 6.30. The summed E-state index contributed by atoms with van der Waals surface area (Å²) < 4.78 is 0. The third kappa shape index (κ3) is 2.28. The fraction of sp³-hybridized carbons (Fsp3) is 0.500. The van der Waals surface area contributed by atoms with Crippen molar-refractivity contribution in [1.29, 1.82) is 0 Å². The third-order valence-electron chi connectivity index (χ3n) is 2.96. The summed E-state index contributed by atoms with van der Waals surface area (Å²) in [7, 11) is 0. The quantitative estimate of drug-likeness (QED) is 0.790. The number of benzene rings is 1. The van der Waals surface area contributed by atoms with Crippen LogP contribution in [-0.2, 0) is 6.42 Å². The first-order chi connectivity index (χ1) is 6.68. The highest BCUT2D eigenvalue weighted by Crippen LogP contribution is 2.23. The molecule has 0 saturated carbocycles. The van der Waals surface area contributed by atoms with Crippen LogP contribution in [0.2, 0.25) is 5.02 Å². The number of rotatable bonds is 2. The predicted octanol–water partition coefficient (Wildman–Crippen LogP) is 3.02. The van der Waals surface area contributed by atoms with Crippen LogP contribution >= 0.6 is 11.6 Å². The fourth-order valence-corrected chi connectivity index (χ4v) is 2.29. The maximum atomic E-state index is 5.85. The van der Waals surface area contributed by atoms with Crippen LogP contribution in [0.15, 0.2) is 24.3 Å². The van der Waals surface area contributed by atoms with Crippen LogP contribution in [0.1, 0.15) is 25.3 Å². The molecular formula is C12H16ClN. The molecule has 1 fully saturated rings. The van der Waals surface area contributed by atoms with E-state index >= 15 is 0 Å². The maximum absolute atomic E-state index is 5.85. The van der Waals surface area contributed by atoms with Crippen molar-refractivity contribution in [3.05, 3.63) is 34.9 Å². The largest absolute Gasteiger partial charge is 0.311 e. The predicted molar refractivity (Wildman–Crippen MR) is 60.8 cm³/mol. The Morgan fingerprint density at radius 2 is 2.07 bits per heavy atom. The molecule has 0 bridgehead atoms. The van der Waals surface area contributed by atoms with Crippen LogP contribution < -0.4 is 5.32 Å². The lowest BCUT2D eigenvalue weighted by Gasteiger charge is -2.24. The molecule has 0 amide bonds. The molecule has 0 aromatic heterocycles. The summed E-state index contributed by atoms with van der Waals surface area (Å²) in [6.45, 7) is 3.46. The summed E-state index contributed by atoms with van der Waals surface area (Å²) in [5, 5.41) is 4.38. The van der Waals surface area contributed by atoms with E-state index in [1.807, 2.05) is 12.1 Å². The van der Waals surface area contributed by atoms with E-state index in [1.165, 1.54) is 18.4 Å². The van der Waals surface area contributed by atoms with Crippen molar-refractivity contribution in [1.82, 2.24) is 5.32 Å². The van der Waals surface area contributed by atoms with Crippen LogP contribution in [-0.4, -0.2) is 12.1 Å². The highest BCUT2D eigenvalue weighted by Gasteiger charge is 2.27. The molecule has 0 unspecified atom stereocenters. The van der Waals surface area contributed by atoms with Gasteiger partial charge in [-0.3, -0.25) is 0 Å². The van der Waals surface area contributed by atoms with E-state index in [4.69, 9.17) is 11.6 Å². The van der Waals surface area contributed by atoms with Crippen molar-refractivity contribution < 1.29 is 0 Å². The zero-order chi connectivity index (χ0) is 10.0. The van der Waals surface area contributed by atoms with Crippen LogP contribution in [0, 0.1) is 0 Å². The van der Waals surface area contributed by atoms with Gasteiger partial charge >= 0.3 is 0 Å². The Morgan fingerprint density at radius 3 is 2.64 bits per heavy atom. The van der Waals surface area contributed by atoms with Gasteiger partial charge in [-0.2, -0.15) is 0 Å². The minimum absolute atomic E-state index is 0.299. The lowest BCUT2D eigenvalue weighted by atomic mass is 9.91. The molecule has 2 heteroatoms. The molecule has 1 heterocycles. The van der Waals surface area contributed by atoms with Gasteiger partial charge in [-0.05, 0) is 50.4 Å². The molecule has 76 valence electrons. The lowest BCUT2D eigenvalue weighted by Crippen LogP contribution is -2.38. The zero-order valence-electron chi connectivity index (χ0n) is 8.52. The van der Waals surface area contributed by atoms with Crippen LogP contribution in [0.3, 0.4) is 0 Å². The molecule has 14 heavy (non-hydrogen) atoms. The Balaban J connectivity index is 2.06. The van der Waals surface area contributed by atoms with Gasteiger partial charge in [0.05, 0.1) is 0 Å². The minimum Gasteiger partial charge on any atom is -0.311 e. The average Bonchev–Trinajstić information content (AvgIpc) is 2.57. The lowest BCUT2D eigenvalue weighted by molar-refractivity contribution is 0.412. The van der Waals surface area contributed by atoms with E-state index in [1.54, 1.807) is 0 Å². The second-order valence-corrected chi connectivity index (χ2v) is 4.83. The number of halogens is 1. The second-order valence-electron chi connectivity index (χ2n) is 4.39. The van der Waals surface area contributed by atoms with Gasteiger partial charge in [-0.25, -0.2) is 0 Å². The highest BCUT2D eigenvalue weighted by atomic mass is 35.5. The van der Waals surface area contributed by atoms with Crippen molar-refractivity contribution in [2.75, 3.05) is 6.54 Å². The van der Waals surface area contributed by atoms with Gasteiger partial charge in [0.1, 0.15) is 0 Å². The number of hydrogen-bond donors (Lipinski definition) is 1. The van der Waals surface area contributed by atoms with Crippen molar-refractivity contribution in [2.45, 2.75) is 31.7 Å². The average molecular weight is 210 g/mol. The Hall–Kier alpha value is -0.530. The zero-order valence-corrected chi connectivity index (χ0v) is 9.27. The Morgan fingerprint density at radius 1 is 1.36 bits per heavy atom. The van der Waals surface area contributed by atoms with Gasteiger partial charge in [0, 0.05) is 10.6 Å². The van der Waals surface area contributed by atoms with Crippen LogP contribution in [0.25, 0.3) is 0 Å². The molecule has 1 aromatic rings. The van der Waals surface area contributed by atoms with Crippen molar-refractivity contribution in [2.24, 2.45) is 0 Å². The summed E-state index contributed by atoms with van der Waals surface area (Å²) >= 11 is 5.85. The molecular weight excluding hydrogens is 194 g/mol. The van der Waals surface area contributed by atoms with Crippen LogP contribution in [0.5, 0.6) is 0 Å². The molecule has 1 aliphatic rings. The number of hydrogen-bond acceptors (Lipinski definition) is 1. The molecule has 1 N–H and O–H groups in total. The van der Waals surface area contributed by atoms with Gasteiger partial charge in [-0.1, -0.05) is 23.7 Å². The summed E-state index contributed by atoms with van der Waals surface area (Å²) in [4.78, 5) is 0. The minimum atomic E-state index is 0.299. The fourth-order valence-electron chi connectivity index (χ4n) is 2.16. The Bertz CT molecular complexity index is 299. The smallest absolute Gasteiger partial charge is 0.0406 e. The van der Waals surface area contributed by atoms with E-state index in [0.29, 0.717) is 5.54 Å². The van der Waals surface area contributed by atoms with Gasteiger partial charge in [0.25, 0.3) is 0 Å². The van der Waals surface area contributed by atoms with E-state index in [0.717, 1.165) is 18.0 Å². The van der Waals surface area contributed by atoms with Gasteiger partial charge in [-0.15, -0.1) is 0 Å². The molecule has 1 saturated heterocycles. The van der Waals surface area contributed by atoms with E-state index in [9.17, 15) is 0 Å². The van der Waals surface area contributed by atoms with Crippen molar-refractivity contribution in [3.63, 3.8) is 0 Å². The van der Waals surface area contributed by atoms with Gasteiger partial charge < -0.3 is 5.32 Å². The van der Waals surface area contributed by atoms with Crippen molar-refractivity contribution in [3.8, 4) is 0 Å². The van der Waals surface area contributed by atoms with Crippen molar-refractivity contribution >= 4 is 11.6 Å². The third-order valence-corrected chi connectivity index (χ3v) is 3.22. The Labute approximate surface area is 90.5 Å². The first kappa shape index (κ1) is 10.0. The standard InChI is InChI=1S/C12H16ClN/c1-12(7-2-8-14-12)9-10-3-5-11(13)6-4-10/h3-6,14H,2,7-9H2,1H3/t12-/m1/s1. The summed E-state index contributed by atoms with van der Waals surface area (Å²) in [6, 6.07) is 8.17. The topological polar surface area (TPSA) is 12.0 Å². The van der Waals surface area contributed by atoms with E-state index < -0.39 is 0 Å². The molecule has 0 radical (unpaired) electrons. The monoisotopic (exact) mass is 209 g/mol. The van der Waals surface area contributed by atoms with Crippen LogP contribution in [0.4, 0.5) is 0 Å². The first-order valence-electron chi connectivity index (χ1n) is 5.17. The Kier molecular flexibility index (Phi) is 2.80. The normalized spacial score (nSPS) is 26.7. The summed E-state index contributed by atoms with van der Waals surface area (Å²) in [5.41, 5.74) is 1.67. The second kappa shape index (κ2) is 3.92. The van der Waals surface area contributed by atoms with E-state index in [-0.39, 0.29) is 0 Å². The molecule has 0 aliphatic carbocycles. The van der Waals surface area contributed by atoms with Gasteiger partial charge in [0.15, 0.2) is 0 Å². The SMILES string of the molecule is C[C@]1(Cc2ccc(Cl)cc2)CCCN1. The maximum Gasteiger partial charge on any atom is 0.0406 e. The number of nitrogens with one attached hydrogen (secondary N) is 1. The van der Waals surface area contributed by atoms with E-state index in [2.05, 4.69) is 24.4 Å².